The Labute approximate surface area is 171 Å². The molecule has 0 radical (unpaired) electrons. The number of carbonyl (C=O) groups is 1. The van der Waals surface area contributed by atoms with Crippen LogP contribution in [0, 0.1) is 0 Å². The Kier molecular flexibility index (Phi) is 5.04. The van der Waals surface area contributed by atoms with Crippen LogP contribution in [-0.2, 0) is 0 Å². The van der Waals surface area contributed by atoms with E-state index in [1.807, 2.05) is 0 Å². The summed E-state index contributed by atoms with van der Waals surface area (Å²) >= 11 is 0. The van der Waals surface area contributed by atoms with E-state index in [-0.39, 0.29) is 11.9 Å². The van der Waals surface area contributed by atoms with Crippen LogP contribution in [0.15, 0.2) is 55.0 Å². The van der Waals surface area contributed by atoms with Crippen molar-refractivity contribution >= 4 is 23.1 Å². The van der Waals surface area contributed by atoms with Gasteiger partial charge in [0, 0.05) is 36.1 Å². The van der Waals surface area contributed by atoms with Gasteiger partial charge in [0.1, 0.15) is 17.2 Å². The minimum absolute atomic E-state index is 0.112. The maximum Gasteiger partial charge on any atom is 0.259 e. The number of amides is 1. The van der Waals surface area contributed by atoms with Crippen LogP contribution in [-0.4, -0.2) is 39.7 Å². The van der Waals surface area contributed by atoms with E-state index in [4.69, 9.17) is 19.9 Å². The Balaban J connectivity index is 1.57. The molecule has 152 valence electrons. The van der Waals surface area contributed by atoms with Crippen molar-refractivity contribution in [2.45, 2.75) is 0 Å². The molecule has 10 heteroatoms. The van der Waals surface area contributed by atoms with Crippen molar-refractivity contribution in [3.63, 3.8) is 0 Å². The lowest BCUT2D eigenvalue weighted by molar-refractivity contribution is 0.102. The van der Waals surface area contributed by atoms with Crippen LogP contribution in [0.3, 0.4) is 0 Å². The first-order valence-corrected chi connectivity index (χ1v) is 8.84. The molecule has 0 saturated carbocycles. The Morgan fingerprint density at radius 3 is 2.53 bits per heavy atom. The number of rotatable bonds is 6. The molecule has 0 atom stereocenters. The Hall–Kier alpha value is -4.34. The van der Waals surface area contributed by atoms with Crippen molar-refractivity contribution < 1.29 is 19.0 Å². The number of pyridine rings is 1. The van der Waals surface area contributed by atoms with Gasteiger partial charge in [0.25, 0.3) is 5.91 Å². The van der Waals surface area contributed by atoms with Crippen LogP contribution >= 0.6 is 0 Å². The van der Waals surface area contributed by atoms with E-state index in [1.165, 1.54) is 12.4 Å². The molecule has 0 fully saturated rings. The third kappa shape index (κ3) is 3.92. The summed E-state index contributed by atoms with van der Waals surface area (Å²) in [5.41, 5.74) is 7.10. The second kappa shape index (κ2) is 7.95. The molecule has 10 nitrogen and oxygen atoms in total. The second-order valence-electron chi connectivity index (χ2n) is 6.16. The average Bonchev–Trinajstić information content (AvgIpc) is 3.17. The number of anilines is 2. The summed E-state index contributed by atoms with van der Waals surface area (Å²) in [5, 5.41) is 7.07. The maximum absolute atomic E-state index is 12.8. The SMILES string of the molecule is COc1cc(NC(=O)c2cnn3cc(Oc4ccnc(N)n4)ccc23)cc(OC)c1. The molecule has 4 rings (SSSR count). The van der Waals surface area contributed by atoms with E-state index >= 15 is 0 Å². The van der Waals surface area contributed by atoms with Gasteiger partial charge in [0.2, 0.25) is 11.8 Å². The van der Waals surface area contributed by atoms with Crippen molar-refractivity contribution in [2.24, 2.45) is 0 Å². The van der Waals surface area contributed by atoms with Crippen LogP contribution < -0.4 is 25.3 Å². The molecule has 30 heavy (non-hydrogen) atoms. The van der Waals surface area contributed by atoms with Crippen LogP contribution in [0.4, 0.5) is 11.6 Å². The van der Waals surface area contributed by atoms with Gasteiger partial charge in [-0.05, 0) is 12.1 Å². The lowest BCUT2D eigenvalue weighted by Gasteiger charge is -2.09. The topological polar surface area (TPSA) is 126 Å². The Morgan fingerprint density at radius 1 is 1.07 bits per heavy atom. The summed E-state index contributed by atoms with van der Waals surface area (Å²) in [6.07, 6.45) is 4.62. The van der Waals surface area contributed by atoms with E-state index in [0.29, 0.717) is 39.9 Å². The quantitative estimate of drug-likeness (QED) is 0.501. The molecule has 3 aromatic heterocycles. The molecule has 1 amide bonds. The normalized spacial score (nSPS) is 10.6. The molecule has 1 aromatic carbocycles. The molecule has 0 unspecified atom stereocenters. The fourth-order valence-corrected chi connectivity index (χ4v) is 2.81. The number of hydrogen-bond acceptors (Lipinski definition) is 8. The van der Waals surface area contributed by atoms with E-state index in [2.05, 4.69) is 20.4 Å². The molecular weight excluding hydrogens is 388 g/mol. The van der Waals surface area contributed by atoms with Crippen molar-refractivity contribution in [3.8, 4) is 23.1 Å². The Bertz CT molecular complexity index is 1200. The third-order valence-corrected chi connectivity index (χ3v) is 4.21. The minimum Gasteiger partial charge on any atom is -0.497 e. The van der Waals surface area contributed by atoms with Crippen LogP contribution in [0.2, 0.25) is 0 Å². The minimum atomic E-state index is -0.322. The predicted molar refractivity (Wildman–Crippen MR) is 109 cm³/mol. The average molecular weight is 406 g/mol. The van der Waals surface area contributed by atoms with Gasteiger partial charge in [-0.3, -0.25) is 4.79 Å². The number of carbonyl (C=O) groups excluding carboxylic acids is 1. The van der Waals surface area contributed by atoms with E-state index in [1.54, 1.807) is 61.3 Å². The number of nitrogens with one attached hydrogen (secondary N) is 1. The van der Waals surface area contributed by atoms with Gasteiger partial charge in [-0.25, -0.2) is 9.50 Å². The maximum atomic E-state index is 12.8. The molecule has 0 saturated heterocycles. The number of fused-ring (bicyclic) bond motifs is 1. The number of aromatic nitrogens is 4. The summed E-state index contributed by atoms with van der Waals surface area (Å²) in [7, 11) is 3.09. The molecule has 0 aliphatic rings. The number of nitrogens with two attached hydrogens (primary N) is 1. The predicted octanol–water partition coefficient (Wildman–Crippen LogP) is 2.77. The fraction of sp³-hybridized carbons (Fsp3) is 0.100. The number of ether oxygens (including phenoxy) is 3. The number of nitrogens with zero attached hydrogens (tertiary/aromatic N) is 4. The first kappa shape index (κ1) is 19.0. The highest BCUT2D eigenvalue weighted by Gasteiger charge is 2.15. The zero-order chi connectivity index (χ0) is 21.1. The highest BCUT2D eigenvalue weighted by atomic mass is 16.5. The highest BCUT2D eigenvalue weighted by molar-refractivity contribution is 6.08. The van der Waals surface area contributed by atoms with Gasteiger partial charge < -0.3 is 25.3 Å². The zero-order valence-electron chi connectivity index (χ0n) is 16.2. The standard InChI is InChI=1S/C20H18N6O4/c1-28-14-7-12(8-15(9-14)29-2)24-19(27)16-10-23-26-11-13(3-4-17(16)26)30-18-5-6-22-20(21)25-18/h3-11H,1-2H3,(H,24,27)(H2,21,22,25). The van der Waals surface area contributed by atoms with Crippen molar-refractivity contribution in [3.05, 3.63) is 60.6 Å². The second-order valence-corrected chi connectivity index (χ2v) is 6.16. The molecule has 3 heterocycles. The van der Waals surface area contributed by atoms with Crippen LogP contribution in [0.1, 0.15) is 10.4 Å². The zero-order valence-corrected chi connectivity index (χ0v) is 16.2. The summed E-state index contributed by atoms with van der Waals surface area (Å²) in [5.74, 6) is 1.71. The van der Waals surface area contributed by atoms with Crippen LogP contribution in [0.5, 0.6) is 23.1 Å². The largest absolute Gasteiger partial charge is 0.497 e. The summed E-state index contributed by atoms with van der Waals surface area (Å²) in [6.45, 7) is 0. The molecule has 0 aliphatic carbocycles. The van der Waals surface area contributed by atoms with Crippen molar-refractivity contribution in [1.82, 2.24) is 19.6 Å². The van der Waals surface area contributed by atoms with Gasteiger partial charge in [0.05, 0.1) is 37.7 Å². The van der Waals surface area contributed by atoms with Crippen LogP contribution in [0.25, 0.3) is 5.52 Å². The van der Waals surface area contributed by atoms with E-state index in [0.717, 1.165) is 0 Å². The monoisotopic (exact) mass is 406 g/mol. The molecule has 0 aliphatic heterocycles. The van der Waals surface area contributed by atoms with Gasteiger partial charge in [-0.1, -0.05) is 0 Å². The van der Waals surface area contributed by atoms with Crippen molar-refractivity contribution in [1.29, 1.82) is 0 Å². The smallest absolute Gasteiger partial charge is 0.259 e. The molecule has 0 spiro atoms. The molecule has 3 N–H and O–H groups in total. The van der Waals surface area contributed by atoms with Gasteiger partial charge >= 0.3 is 0 Å². The molecular formula is C20H18N6O4. The summed E-state index contributed by atoms with van der Waals surface area (Å²) in [6, 6.07) is 10.1. The third-order valence-electron chi connectivity index (χ3n) is 4.21. The molecule has 4 aromatic rings. The highest BCUT2D eigenvalue weighted by Crippen LogP contribution is 2.27. The van der Waals surface area contributed by atoms with E-state index in [9.17, 15) is 4.79 Å². The number of nitrogen functional groups attached to an aromatic ring is 1. The number of hydrogen-bond donors (Lipinski definition) is 2. The lowest BCUT2D eigenvalue weighted by Crippen LogP contribution is -2.11. The fourth-order valence-electron chi connectivity index (χ4n) is 2.81. The lowest BCUT2D eigenvalue weighted by atomic mass is 10.2. The van der Waals surface area contributed by atoms with Crippen molar-refractivity contribution in [2.75, 3.05) is 25.3 Å². The number of benzene rings is 1. The number of methoxy groups -OCH3 is 2. The first-order valence-electron chi connectivity index (χ1n) is 8.84. The first-order chi connectivity index (χ1) is 14.6. The summed E-state index contributed by atoms with van der Waals surface area (Å²) < 4.78 is 17.7. The molecule has 0 bridgehead atoms. The van der Waals surface area contributed by atoms with Gasteiger partial charge in [-0.15, -0.1) is 0 Å². The summed E-state index contributed by atoms with van der Waals surface area (Å²) in [4.78, 5) is 20.6. The van der Waals surface area contributed by atoms with Gasteiger partial charge in [0.15, 0.2) is 0 Å². The Morgan fingerprint density at radius 2 is 1.83 bits per heavy atom. The van der Waals surface area contributed by atoms with Gasteiger partial charge in [-0.2, -0.15) is 10.1 Å². The van der Waals surface area contributed by atoms with E-state index < -0.39 is 0 Å².